The summed E-state index contributed by atoms with van der Waals surface area (Å²) in [6.07, 6.45) is 2.94. The molecule has 0 amide bonds. The molecular formula is C10H21NO. The van der Waals surface area contributed by atoms with E-state index >= 15 is 0 Å². The second kappa shape index (κ2) is 4.24. The summed E-state index contributed by atoms with van der Waals surface area (Å²) in [5.74, 6) is 0. The molecule has 0 spiro atoms. The fraction of sp³-hybridized carbons (Fsp3) is 1.00. The van der Waals surface area contributed by atoms with Gasteiger partial charge in [0.15, 0.2) is 0 Å². The van der Waals surface area contributed by atoms with E-state index in [1.807, 2.05) is 0 Å². The monoisotopic (exact) mass is 171 g/mol. The van der Waals surface area contributed by atoms with E-state index in [1.165, 1.54) is 12.8 Å². The fourth-order valence-corrected chi connectivity index (χ4v) is 1.33. The largest absolute Gasteiger partial charge is 0.376 e. The zero-order chi connectivity index (χ0) is 9.03. The molecule has 0 bridgehead atoms. The standard InChI is InChI=1S/C10H21NO/c1-10(2,3)8-12-9-5-4-6-11-7-9/h9,11H,4-8H2,1-3H3/t9-/m1/s1. The minimum Gasteiger partial charge on any atom is -0.376 e. The molecule has 1 aliphatic rings. The summed E-state index contributed by atoms with van der Waals surface area (Å²) >= 11 is 0. The van der Waals surface area contributed by atoms with E-state index in [1.54, 1.807) is 0 Å². The summed E-state index contributed by atoms with van der Waals surface area (Å²) < 4.78 is 5.78. The van der Waals surface area contributed by atoms with Crippen LogP contribution >= 0.6 is 0 Å². The van der Waals surface area contributed by atoms with Gasteiger partial charge in [-0.1, -0.05) is 20.8 Å². The van der Waals surface area contributed by atoms with Crippen molar-refractivity contribution in [3.8, 4) is 0 Å². The van der Waals surface area contributed by atoms with E-state index in [9.17, 15) is 0 Å². The first-order valence-electron chi connectivity index (χ1n) is 4.90. The molecule has 1 rings (SSSR count). The zero-order valence-corrected chi connectivity index (χ0v) is 8.52. The van der Waals surface area contributed by atoms with Gasteiger partial charge in [0.25, 0.3) is 0 Å². The highest BCUT2D eigenvalue weighted by Crippen LogP contribution is 2.16. The minimum absolute atomic E-state index is 0.303. The molecule has 0 aromatic rings. The Kier molecular flexibility index (Phi) is 3.53. The average Bonchev–Trinajstić information content (AvgIpc) is 2.02. The lowest BCUT2D eigenvalue weighted by molar-refractivity contribution is -0.00261. The lowest BCUT2D eigenvalue weighted by Gasteiger charge is -2.27. The maximum absolute atomic E-state index is 5.78. The third-order valence-corrected chi connectivity index (χ3v) is 2.00. The molecular weight excluding hydrogens is 150 g/mol. The van der Waals surface area contributed by atoms with Crippen LogP contribution in [0.25, 0.3) is 0 Å². The van der Waals surface area contributed by atoms with Gasteiger partial charge >= 0.3 is 0 Å². The van der Waals surface area contributed by atoms with Crippen LogP contribution in [0.3, 0.4) is 0 Å². The summed E-state index contributed by atoms with van der Waals surface area (Å²) in [6.45, 7) is 9.71. The van der Waals surface area contributed by atoms with Crippen LogP contribution in [0.1, 0.15) is 33.6 Å². The summed E-state index contributed by atoms with van der Waals surface area (Å²) in [5.41, 5.74) is 0.303. The number of hydrogen-bond donors (Lipinski definition) is 1. The Morgan fingerprint density at radius 2 is 2.17 bits per heavy atom. The lowest BCUT2D eigenvalue weighted by atomic mass is 9.98. The van der Waals surface area contributed by atoms with Gasteiger partial charge in [0.05, 0.1) is 12.7 Å². The highest BCUT2D eigenvalue weighted by molar-refractivity contribution is 4.70. The van der Waals surface area contributed by atoms with Crippen LogP contribution in [0.5, 0.6) is 0 Å². The topological polar surface area (TPSA) is 21.3 Å². The van der Waals surface area contributed by atoms with Gasteiger partial charge in [-0.15, -0.1) is 0 Å². The Balaban J connectivity index is 2.13. The molecule has 0 aromatic carbocycles. The average molecular weight is 171 g/mol. The second-order valence-electron chi connectivity index (χ2n) is 4.84. The number of piperidine rings is 1. The zero-order valence-electron chi connectivity index (χ0n) is 8.52. The first kappa shape index (κ1) is 10.0. The highest BCUT2D eigenvalue weighted by Gasteiger charge is 2.17. The number of hydrogen-bond acceptors (Lipinski definition) is 2. The van der Waals surface area contributed by atoms with Crippen molar-refractivity contribution < 1.29 is 4.74 Å². The van der Waals surface area contributed by atoms with Crippen LogP contribution < -0.4 is 5.32 Å². The molecule has 1 aliphatic heterocycles. The summed E-state index contributed by atoms with van der Waals surface area (Å²) in [6, 6.07) is 0. The van der Waals surface area contributed by atoms with Gasteiger partial charge in [-0.25, -0.2) is 0 Å². The van der Waals surface area contributed by atoms with Gasteiger partial charge in [0.2, 0.25) is 0 Å². The number of ether oxygens (including phenoxy) is 1. The van der Waals surface area contributed by atoms with Gasteiger partial charge in [-0.2, -0.15) is 0 Å². The third-order valence-electron chi connectivity index (χ3n) is 2.00. The van der Waals surface area contributed by atoms with Crippen molar-refractivity contribution in [2.45, 2.75) is 39.7 Å². The first-order chi connectivity index (χ1) is 5.58. The molecule has 1 N–H and O–H groups in total. The molecule has 0 aliphatic carbocycles. The predicted molar refractivity (Wildman–Crippen MR) is 51.3 cm³/mol. The smallest absolute Gasteiger partial charge is 0.0700 e. The molecule has 72 valence electrons. The van der Waals surface area contributed by atoms with Gasteiger partial charge < -0.3 is 10.1 Å². The SMILES string of the molecule is CC(C)(C)CO[C@@H]1CCCNC1. The molecule has 12 heavy (non-hydrogen) atoms. The number of nitrogens with one attached hydrogen (secondary N) is 1. The van der Waals surface area contributed by atoms with E-state index in [-0.39, 0.29) is 0 Å². The predicted octanol–water partition coefficient (Wildman–Crippen LogP) is 1.80. The first-order valence-corrected chi connectivity index (χ1v) is 4.90. The van der Waals surface area contributed by atoms with E-state index < -0.39 is 0 Å². The molecule has 0 aromatic heterocycles. The lowest BCUT2D eigenvalue weighted by Crippen LogP contribution is -2.36. The Hall–Kier alpha value is -0.0800. The van der Waals surface area contributed by atoms with Crippen LogP contribution in [0.2, 0.25) is 0 Å². The maximum Gasteiger partial charge on any atom is 0.0700 e. The van der Waals surface area contributed by atoms with E-state index in [2.05, 4.69) is 26.1 Å². The van der Waals surface area contributed by atoms with Crippen LogP contribution in [0, 0.1) is 5.41 Å². The number of rotatable bonds is 2. The van der Waals surface area contributed by atoms with Crippen molar-refractivity contribution in [2.75, 3.05) is 19.7 Å². The molecule has 0 saturated carbocycles. The minimum atomic E-state index is 0.303. The van der Waals surface area contributed by atoms with Crippen LogP contribution in [-0.4, -0.2) is 25.8 Å². The van der Waals surface area contributed by atoms with Crippen LogP contribution in [0.4, 0.5) is 0 Å². The maximum atomic E-state index is 5.78. The van der Waals surface area contributed by atoms with E-state index in [0.717, 1.165) is 19.7 Å². The molecule has 0 unspecified atom stereocenters. The van der Waals surface area contributed by atoms with Gasteiger partial charge in [0.1, 0.15) is 0 Å². The normalized spacial score (nSPS) is 25.8. The Morgan fingerprint density at radius 1 is 1.42 bits per heavy atom. The molecule has 2 heteroatoms. The van der Waals surface area contributed by atoms with Gasteiger partial charge in [-0.05, 0) is 24.8 Å². The van der Waals surface area contributed by atoms with Crippen LogP contribution in [0.15, 0.2) is 0 Å². The summed E-state index contributed by atoms with van der Waals surface area (Å²) in [7, 11) is 0. The van der Waals surface area contributed by atoms with Crippen molar-refractivity contribution in [3.05, 3.63) is 0 Å². The Labute approximate surface area is 75.7 Å². The molecule has 1 heterocycles. The Bertz CT molecular complexity index is 122. The summed E-state index contributed by atoms with van der Waals surface area (Å²) in [5, 5.41) is 3.35. The van der Waals surface area contributed by atoms with E-state index in [0.29, 0.717) is 11.5 Å². The highest BCUT2D eigenvalue weighted by atomic mass is 16.5. The molecule has 2 nitrogen and oxygen atoms in total. The van der Waals surface area contributed by atoms with Gasteiger partial charge in [0, 0.05) is 6.54 Å². The molecule has 1 atom stereocenters. The van der Waals surface area contributed by atoms with Crippen molar-refractivity contribution in [1.29, 1.82) is 0 Å². The van der Waals surface area contributed by atoms with Gasteiger partial charge in [-0.3, -0.25) is 0 Å². The van der Waals surface area contributed by atoms with E-state index in [4.69, 9.17) is 4.74 Å². The van der Waals surface area contributed by atoms with Crippen LogP contribution in [-0.2, 0) is 4.74 Å². The summed E-state index contributed by atoms with van der Waals surface area (Å²) in [4.78, 5) is 0. The molecule has 1 saturated heterocycles. The second-order valence-corrected chi connectivity index (χ2v) is 4.84. The quantitative estimate of drug-likeness (QED) is 0.684. The Morgan fingerprint density at radius 3 is 2.67 bits per heavy atom. The van der Waals surface area contributed by atoms with Crippen molar-refractivity contribution >= 4 is 0 Å². The van der Waals surface area contributed by atoms with Crippen molar-refractivity contribution in [2.24, 2.45) is 5.41 Å². The fourth-order valence-electron chi connectivity index (χ4n) is 1.33. The molecule has 1 fully saturated rings. The molecule has 0 radical (unpaired) electrons. The van der Waals surface area contributed by atoms with Crippen molar-refractivity contribution in [3.63, 3.8) is 0 Å². The third kappa shape index (κ3) is 4.07. The van der Waals surface area contributed by atoms with Crippen molar-refractivity contribution in [1.82, 2.24) is 5.32 Å².